The Hall–Kier alpha value is -2.10. The molecule has 4 nitrogen and oxygen atoms in total. The zero-order valence-corrected chi connectivity index (χ0v) is 12.1. The van der Waals surface area contributed by atoms with E-state index in [0.717, 1.165) is 37.0 Å². The number of ether oxygens (including phenoxy) is 1. The molecule has 0 aliphatic heterocycles. The molecule has 0 amide bonds. The number of allylic oxidation sites excluding steroid dienone is 1. The smallest absolute Gasteiger partial charge is 0.436 e. The summed E-state index contributed by atoms with van der Waals surface area (Å²) in [5.74, 6) is 0. The zero-order chi connectivity index (χ0) is 14.8. The van der Waals surface area contributed by atoms with Crippen molar-refractivity contribution >= 4 is 11.9 Å². The molecule has 0 aromatic heterocycles. The van der Waals surface area contributed by atoms with Crippen molar-refractivity contribution in [1.29, 1.82) is 0 Å². The number of carbonyl (C=O) groups is 1. The van der Waals surface area contributed by atoms with Gasteiger partial charge < -0.3 is 4.74 Å². The topological polar surface area (TPSA) is 47.9 Å². The zero-order valence-electron chi connectivity index (χ0n) is 12.1. The normalized spacial score (nSPS) is 11.0. The first-order valence-corrected chi connectivity index (χ1v) is 6.61. The summed E-state index contributed by atoms with van der Waals surface area (Å²) >= 11 is 0. The number of aryl methyl sites for hydroxylation is 1. The van der Waals surface area contributed by atoms with Crippen molar-refractivity contribution in [2.75, 3.05) is 7.11 Å². The predicted molar refractivity (Wildman–Crippen MR) is 79.7 cm³/mol. The van der Waals surface area contributed by atoms with Gasteiger partial charge in [0.05, 0.1) is 12.8 Å². The lowest BCUT2D eigenvalue weighted by molar-refractivity contribution is 0.0749. The van der Waals surface area contributed by atoms with Gasteiger partial charge >= 0.3 is 6.16 Å². The second-order valence-corrected chi connectivity index (χ2v) is 4.65. The Bertz CT molecular complexity index is 466. The van der Waals surface area contributed by atoms with Crippen molar-refractivity contribution in [3.05, 3.63) is 48.0 Å². The maximum atomic E-state index is 11.0. The maximum absolute atomic E-state index is 11.0. The molecule has 0 atom stereocenters. The molecule has 1 aromatic carbocycles. The summed E-state index contributed by atoms with van der Waals surface area (Å²) in [5.41, 5.74) is 3.14. The Balaban J connectivity index is 2.57. The van der Waals surface area contributed by atoms with Crippen LogP contribution in [0, 0.1) is 0 Å². The maximum Gasteiger partial charge on any atom is 0.534 e. The Labute approximate surface area is 120 Å². The minimum absolute atomic E-state index is 0.735. The highest BCUT2D eigenvalue weighted by atomic mass is 16.8. The fourth-order valence-corrected chi connectivity index (χ4v) is 1.65. The molecule has 108 valence electrons. The first-order chi connectivity index (χ1) is 9.61. The second-order valence-electron chi connectivity index (χ2n) is 4.65. The van der Waals surface area contributed by atoms with Gasteiger partial charge in [-0.15, -0.1) is 6.58 Å². The van der Waals surface area contributed by atoms with Crippen LogP contribution in [-0.2, 0) is 16.0 Å². The molecule has 0 heterocycles. The van der Waals surface area contributed by atoms with Gasteiger partial charge in [0.15, 0.2) is 0 Å². The van der Waals surface area contributed by atoms with E-state index in [1.165, 1.54) is 12.7 Å². The average molecular weight is 275 g/mol. The molecule has 0 saturated carbocycles. The Morgan fingerprint density at radius 2 is 1.90 bits per heavy atom. The SMILES string of the molecule is C=C(C)CC/C(CCc1ccccc1)=N\OC(=O)OC. The monoisotopic (exact) mass is 275 g/mol. The number of carbonyl (C=O) groups excluding carboxylic acids is 1. The van der Waals surface area contributed by atoms with E-state index >= 15 is 0 Å². The van der Waals surface area contributed by atoms with E-state index in [1.54, 1.807) is 0 Å². The minimum atomic E-state index is -0.794. The van der Waals surface area contributed by atoms with Crippen molar-refractivity contribution in [1.82, 2.24) is 0 Å². The van der Waals surface area contributed by atoms with Crippen LogP contribution in [0.15, 0.2) is 47.6 Å². The lowest BCUT2D eigenvalue weighted by Gasteiger charge is -2.06. The number of methoxy groups -OCH3 is 1. The second kappa shape index (κ2) is 8.91. The van der Waals surface area contributed by atoms with Gasteiger partial charge in [-0.05, 0) is 38.2 Å². The van der Waals surface area contributed by atoms with Crippen LogP contribution in [0.25, 0.3) is 0 Å². The van der Waals surface area contributed by atoms with E-state index in [-0.39, 0.29) is 0 Å². The van der Waals surface area contributed by atoms with E-state index in [0.29, 0.717) is 0 Å². The lowest BCUT2D eigenvalue weighted by Crippen LogP contribution is -2.06. The van der Waals surface area contributed by atoms with Gasteiger partial charge in [0, 0.05) is 0 Å². The number of rotatable bonds is 7. The third kappa shape index (κ3) is 6.73. The number of hydrogen-bond acceptors (Lipinski definition) is 4. The highest BCUT2D eigenvalue weighted by Gasteiger charge is 2.05. The van der Waals surface area contributed by atoms with Crippen molar-refractivity contribution in [3.63, 3.8) is 0 Å². The van der Waals surface area contributed by atoms with E-state index in [4.69, 9.17) is 0 Å². The highest BCUT2D eigenvalue weighted by molar-refractivity contribution is 5.84. The minimum Gasteiger partial charge on any atom is -0.436 e. The van der Waals surface area contributed by atoms with Crippen LogP contribution < -0.4 is 0 Å². The molecule has 0 bridgehead atoms. The summed E-state index contributed by atoms with van der Waals surface area (Å²) in [6.45, 7) is 5.84. The van der Waals surface area contributed by atoms with Crippen LogP contribution in [0.5, 0.6) is 0 Å². The number of oxime groups is 1. The molecule has 0 aliphatic rings. The highest BCUT2D eigenvalue weighted by Crippen LogP contribution is 2.10. The third-order valence-electron chi connectivity index (χ3n) is 2.80. The van der Waals surface area contributed by atoms with Gasteiger partial charge in [-0.3, -0.25) is 4.84 Å². The van der Waals surface area contributed by atoms with Crippen LogP contribution in [0.4, 0.5) is 4.79 Å². The van der Waals surface area contributed by atoms with Gasteiger partial charge in [0.25, 0.3) is 0 Å². The number of hydrogen-bond donors (Lipinski definition) is 0. The molecule has 0 unspecified atom stereocenters. The lowest BCUT2D eigenvalue weighted by atomic mass is 10.0. The molecule has 0 fully saturated rings. The summed E-state index contributed by atoms with van der Waals surface area (Å²) in [5, 5.41) is 3.88. The summed E-state index contributed by atoms with van der Waals surface area (Å²) in [4.78, 5) is 15.6. The van der Waals surface area contributed by atoms with Gasteiger partial charge in [0.1, 0.15) is 0 Å². The molecular weight excluding hydrogens is 254 g/mol. The molecule has 1 rings (SSSR count). The van der Waals surface area contributed by atoms with Crippen LogP contribution in [-0.4, -0.2) is 19.0 Å². The summed E-state index contributed by atoms with van der Waals surface area (Å²) < 4.78 is 4.40. The van der Waals surface area contributed by atoms with Crippen molar-refractivity contribution < 1.29 is 14.4 Å². The van der Waals surface area contributed by atoms with Crippen molar-refractivity contribution in [2.24, 2.45) is 5.16 Å². The summed E-state index contributed by atoms with van der Waals surface area (Å²) in [6.07, 6.45) is 2.38. The van der Waals surface area contributed by atoms with Crippen molar-refractivity contribution in [2.45, 2.75) is 32.6 Å². The summed E-state index contributed by atoms with van der Waals surface area (Å²) in [7, 11) is 1.26. The van der Waals surface area contributed by atoms with Crippen LogP contribution in [0.2, 0.25) is 0 Å². The van der Waals surface area contributed by atoms with Gasteiger partial charge in [-0.2, -0.15) is 0 Å². The Morgan fingerprint density at radius 3 is 2.50 bits per heavy atom. The van der Waals surface area contributed by atoms with Crippen LogP contribution in [0.1, 0.15) is 31.7 Å². The molecule has 0 N–H and O–H groups in total. The molecule has 4 heteroatoms. The van der Waals surface area contributed by atoms with Crippen LogP contribution in [0.3, 0.4) is 0 Å². The van der Waals surface area contributed by atoms with E-state index in [1.807, 2.05) is 25.1 Å². The summed E-state index contributed by atoms with van der Waals surface area (Å²) in [6, 6.07) is 10.1. The molecule has 0 radical (unpaired) electrons. The quantitative estimate of drug-likeness (QED) is 0.247. The molecule has 0 aliphatic carbocycles. The average Bonchev–Trinajstić information content (AvgIpc) is 2.46. The first kappa shape index (κ1) is 16.0. The largest absolute Gasteiger partial charge is 0.534 e. The van der Waals surface area contributed by atoms with Gasteiger partial charge in [-0.1, -0.05) is 41.1 Å². The first-order valence-electron chi connectivity index (χ1n) is 6.61. The van der Waals surface area contributed by atoms with Crippen molar-refractivity contribution in [3.8, 4) is 0 Å². The predicted octanol–water partition coefficient (Wildman–Crippen LogP) is 4.11. The molecular formula is C16H21NO3. The Kier molecular flexibility index (Phi) is 7.11. The Morgan fingerprint density at radius 1 is 1.20 bits per heavy atom. The number of benzene rings is 1. The van der Waals surface area contributed by atoms with Crippen LogP contribution >= 0.6 is 0 Å². The van der Waals surface area contributed by atoms with Gasteiger partial charge in [0.2, 0.25) is 0 Å². The van der Waals surface area contributed by atoms with Gasteiger partial charge in [-0.25, -0.2) is 4.79 Å². The third-order valence-corrected chi connectivity index (χ3v) is 2.80. The molecule has 1 aromatic rings. The number of nitrogens with zero attached hydrogens (tertiary/aromatic N) is 1. The standard InChI is InChI=1S/C16H21NO3/c1-13(2)9-11-15(17-20-16(18)19-3)12-10-14-7-5-4-6-8-14/h4-8H,1,9-12H2,2-3H3/b17-15+. The van der Waals surface area contributed by atoms with E-state index in [2.05, 4.69) is 33.4 Å². The van der Waals surface area contributed by atoms with E-state index in [9.17, 15) is 4.79 Å². The fourth-order valence-electron chi connectivity index (χ4n) is 1.65. The molecule has 20 heavy (non-hydrogen) atoms. The van der Waals surface area contributed by atoms with E-state index < -0.39 is 6.16 Å². The molecule has 0 saturated heterocycles. The molecule has 0 spiro atoms. The fraction of sp³-hybridized carbons (Fsp3) is 0.375.